The number of hydrogen-bond donors (Lipinski definition) is 0. The maximum absolute atomic E-state index is 6.36. The van der Waals surface area contributed by atoms with E-state index in [1.165, 1.54) is 6.42 Å². The molecule has 0 spiro atoms. The summed E-state index contributed by atoms with van der Waals surface area (Å²) in [5.41, 5.74) is 2.05. The molecule has 2 atom stereocenters. The van der Waals surface area contributed by atoms with Crippen LogP contribution >= 0.6 is 23.2 Å². The van der Waals surface area contributed by atoms with E-state index in [0.29, 0.717) is 17.8 Å². The summed E-state index contributed by atoms with van der Waals surface area (Å²) in [4.78, 5) is 2.44. The van der Waals surface area contributed by atoms with E-state index in [-0.39, 0.29) is 0 Å². The molecule has 2 unspecified atom stereocenters. The van der Waals surface area contributed by atoms with E-state index in [4.69, 9.17) is 23.2 Å². The van der Waals surface area contributed by atoms with Crippen LogP contribution in [0.5, 0.6) is 0 Å². The van der Waals surface area contributed by atoms with Crippen molar-refractivity contribution in [2.75, 3.05) is 12.4 Å². The van der Waals surface area contributed by atoms with Crippen LogP contribution in [0.2, 0.25) is 5.02 Å². The van der Waals surface area contributed by atoms with E-state index in [2.05, 4.69) is 23.8 Å². The van der Waals surface area contributed by atoms with E-state index >= 15 is 0 Å². The summed E-state index contributed by atoms with van der Waals surface area (Å²) in [6.07, 6.45) is 1.22. The Bertz CT molecular complexity index is 417. The lowest BCUT2D eigenvalue weighted by molar-refractivity contribution is 0.235. The molecular formula is C13H21Cl2N3. The molecule has 1 aliphatic rings. The smallest absolute Gasteiger partial charge is 0.0860 e. The second-order valence-corrected chi connectivity index (χ2v) is 5.81. The van der Waals surface area contributed by atoms with Gasteiger partial charge >= 0.3 is 0 Å². The van der Waals surface area contributed by atoms with Crippen molar-refractivity contribution in [3.63, 3.8) is 0 Å². The predicted octanol–water partition coefficient (Wildman–Crippen LogP) is 3.31. The van der Waals surface area contributed by atoms with Crippen LogP contribution in [0, 0.1) is 12.8 Å². The summed E-state index contributed by atoms with van der Waals surface area (Å²) in [6.45, 7) is 9.15. The summed E-state index contributed by atoms with van der Waals surface area (Å²) in [5, 5.41) is 5.28. The molecule has 5 heteroatoms. The molecule has 1 aromatic heterocycles. The third kappa shape index (κ3) is 2.54. The van der Waals surface area contributed by atoms with E-state index < -0.39 is 0 Å². The second-order valence-electron chi connectivity index (χ2n) is 5.12. The standard InChI is InChI=1S/C13H21Cl2N3/c1-4-18-12(13(15)10(3)16-18)8-17-6-5-9(2)11(17)7-14/h9,11H,4-8H2,1-3H3. The molecule has 0 N–H and O–H groups in total. The lowest BCUT2D eigenvalue weighted by Gasteiger charge is -2.25. The first-order chi connectivity index (χ1) is 8.58. The summed E-state index contributed by atoms with van der Waals surface area (Å²) >= 11 is 12.4. The van der Waals surface area contributed by atoms with Crippen molar-refractivity contribution in [2.24, 2.45) is 5.92 Å². The highest BCUT2D eigenvalue weighted by Crippen LogP contribution is 2.29. The number of alkyl halides is 1. The van der Waals surface area contributed by atoms with Crippen molar-refractivity contribution in [1.82, 2.24) is 14.7 Å². The third-order valence-electron chi connectivity index (χ3n) is 3.96. The average molecular weight is 290 g/mol. The maximum atomic E-state index is 6.36. The lowest BCUT2D eigenvalue weighted by atomic mass is 10.1. The topological polar surface area (TPSA) is 21.1 Å². The van der Waals surface area contributed by atoms with Crippen LogP contribution in [0.3, 0.4) is 0 Å². The van der Waals surface area contributed by atoms with Crippen molar-refractivity contribution in [1.29, 1.82) is 0 Å². The fourth-order valence-corrected chi connectivity index (χ4v) is 3.44. The molecule has 18 heavy (non-hydrogen) atoms. The zero-order valence-corrected chi connectivity index (χ0v) is 12.8. The number of aryl methyl sites for hydroxylation is 2. The normalized spacial score (nSPS) is 24.9. The van der Waals surface area contributed by atoms with Gasteiger partial charge in [-0.25, -0.2) is 0 Å². The van der Waals surface area contributed by atoms with Gasteiger partial charge in [-0.1, -0.05) is 18.5 Å². The van der Waals surface area contributed by atoms with Crippen molar-refractivity contribution in [2.45, 2.75) is 46.3 Å². The van der Waals surface area contributed by atoms with Crippen LogP contribution in [-0.4, -0.2) is 33.1 Å². The molecule has 0 radical (unpaired) electrons. The van der Waals surface area contributed by atoms with Gasteiger partial charge in [-0.05, 0) is 32.7 Å². The molecule has 0 amide bonds. The maximum Gasteiger partial charge on any atom is 0.0860 e. The van der Waals surface area contributed by atoms with Gasteiger partial charge in [0.15, 0.2) is 0 Å². The highest BCUT2D eigenvalue weighted by Gasteiger charge is 2.31. The fraction of sp³-hybridized carbons (Fsp3) is 0.769. The van der Waals surface area contributed by atoms with Crippen molar-refractivity contribution < 1.29 is 0 Å². The first-order valence-corrected chi connectivity index (χ1v) is 7.51. The summed E-state index contributed by atoms with van der Waals surface area (Å²) < 4.78 is 2.01. The van der Waals surface area contributed by atoms with Crippen molar-refractivity contribution >= 4 is 23.2 Å². The quantitative estimate of drug-likeness (QED) is 0.793. The fourth-order valence-electron chi connectivity index (χ4n) is 2.75. The second kappa shape index (κ2) is 5.81. The molecule has 1 aliphatic heterocycles. The molecule has 1 fully saturated rings. The van der Waals surface area contributed by atoms with Gasteiger partial charge in [0.05, 0.1) is 16.4 Å². The van der Waals surface area contributed by atoms with Crippen LogP contribution in [0.1, 0.15) is 31.7 Å². The van der Waals surface area contributed by atoms with E-state index in [0.717, 1.165) is 36.0 Å². The lowest BCUT2D eigenvalue weighted by Crippen LogP contribution is -2.33. The molecule has 3 nitrogen and oxygen atoms in total. The molecule has 1 aromatic rings. The SMILES string of the molecule is CCn1nc(C)c(Cl)c1CN1CCC(C)C1CCl. The first kappa shape index (κ1) is 14.2. The van der Waals surface area contributed by atoms with Crippen LogP contribution in [0.25, 0.3) is 0 Å². The van der Waals surface area contributed by atoms with E-state index in [9.17, 15) is 0 Å². The Hall–Kier alpha value is -0.250. The molecule has 1 saturated heterocycles. The summed E-state index contributed by atoms with van der Waals surface area (Å²) in [6, 6.07) is 0.461. The number of likely N-dealkylation sites (tertiary alicyclic amines) is 1. The summed E-state index contributed by atoms with van der Waals surface area (Å²) in [5.74, 6) is 1.36. The van der Waals surface area contributed by atoms with Gasteiger partial charge in [-0.3, -0.25) is 9.58 Å². The molecule has 0 aliphatic carbocycles. The van der Waals surface area contributed by atoms with Gasteiger partial charge in [-0.2, -0.15) is 5.10 Å². The Morgan fingerprint density at radius 2 is 2.17 bits per heavy atom. The minimum Gasteiger partial charge on any atom is -0.293 e. The molecular weight excluding hydrogens is 269 g/mol. The van der Waals surface area contributed by atoms with Gasteiger partial charge in [0.25, 0.3) is 0 Å². The Kier molecular flexibility index (Phi) is 4.57. The zero-order valence-electron chi connectivity index (χ0n) is 11.3. The Balaban J connectivity index is 2.19. The Labute approximate surface area is 119 Å². The highest BCUT2D eigenvalue weighted by molar-refractivity contribution is 6.31. The van der Waals surface area contributed by atoms with Gasteiger partial charge in [-0.15, -0.1) is 11.6 Å². The number of aromatic nitrogens is 2. The van der Waals surface area contributed by atoms with Gasteiger partial charge < -0.3 is 0 Å². The average Bonchev–Trinajstić information content (AvgIpc) is 2.84. The third-order valence-corrected chi connectivity index (χ3v) is 4.77. The first-order valence-electron chi connectivity index (χ1n) is 6.60. The minimum absolute atomic E-state index is 0.461. The van der Waals surface area contributed by atoms with Gasteiger partial charge in [0.1, 0.15) is 0 Å². The molecule has 2 rings (SSSR count). The molecule has 0 bridgehead atoms. The summed E-state index contributed by atoms with van der Waals surface area (Å²) in [7, 11) is 0. The zero-order chi connectivity index (χ0) is 13.3. The molecule has 102 valence electrons. The Morgan fingerprint density at radius 3 is 2.78 bits per heavy atom. The van der Waals surface area contributed by atoms with Crippen LogP contribution in [0.15, 0.2) is 0 Å². The highest BCUT2D eigenvalue weighted by atomic mass is 35.5. The predicted molar refractivity (Wildman–Crippen MR) is 76.3 cm³/mol. The molecule has 2 heterocycles. The van der Waals surface area contributed by atoms with Crippen LogP contribution < -0.4 is 0 Å². The van der Waals surface area contributed by atoms with E-state index in [1.54, 1.807) is 0 Å². The van der Waals surface area contributed by atoms with Gasteiger partial charge in [0, 0.05) is 25.0 Å². The van der Waals surface area contributed by atoms with Crippen molar-refractivity contribution in [3.8, 4) is 0 Å². The molecule has 0 aromatic carbocycles. The monoisotopic (exact) mass is 289 g/mol. The van der Waals surface area contributed by atoms with Crippen LogP contribution in [0.4, 0.5) is 0 Å². The number of halogens is 2. The largest absolute Gasteiger partial charge is 0.293 e. The number of nitrogens with zero attached hydrogens (tertiary/aromatic N) is 3. The van der Waals surface area contributed by atoms with Gasteiger partial charge in [0.2, 0.25) is 0 Å². The molecule has 0 saturated carbocycles. The van der Waals surface area contributed by atoms with Crippen LogP contribution in [-0.2, 0) is 13.1 Å². The Morgan fingerprint density at radius 1 is 1.44 bits per heavy atom. The van der Waals surface area contributed by atoms with E-state index in [1.807, 2.05) is 11.6 Å². The van der Waals surface area contributed by atoms with Crippen molar-refractivity contribution in [3.05, 3.63) is 16.4 Å². The number of hydrogen-bond acceptors (Lipinski definition) is 2. The number of rotatable bonds is 4. The minimum atomic E-state index is 0.461.